The Morgan fingerprint density at radius 1 is 1.05 bits per heavy atom. The number of aromatic nitrogens is 1. The summed E-state index contributed by atoms with van der Waals surface area (Å²) in [6, 6.07) is 13.2. The van der Waals surface area contributed by atoms with Crippen molar-refractivity contribution in [3.8, 4) is 17.2 Å². The van der Waals surface area contributed by atoms with Gasteiger partial charge in [0.15, 0.2) is 0 Å². The zero-order valence-electron chi connectivity index (χ0n) is 12.7. The molecule has 0 unspecified atom stereocenters. The van der Waals surface area contributed by atoms with Crippen molar-refractivity contribution in [1.82, 2.24) is 4.98 Å². The zero-order chi connectivity index (χ0) is 15.5. The summed E-state index contributed by atoms with van der Waals surface area (Å²) in [5.74, 6) is 2.36. The van der Waals surface area contributed by atoms with E-state index in [1.54, 1.807) is 6.20 Å². The van der Waals surface area contributed by atoms with Crippen molar-refractivity contribution in [2.75, 3.05) is 12.3 Å². The number of hydrogen-bond acceptors (Lipinski definition) is 4. The first kappa shape index (κ1) is 14.2. The standard InChI is InChI=1S/C18H18N2O2/c1-3-21-18-11-16-15(10-12(18)2)17(8-9-20-16)22-14-6-4-13(19)5-7-14/h4-11H,3,19H2,1-2H3. The summed E-state index contributed by atoms with van der Waals surface area (Å²) < 4.78 is 11.6. The number of fused-ring (bicyclic) bond motifs is 1. The minimum atomic E-state index is 0.633. The van der Waals surface area contributed by atoms with E-state index in [1.165, 1.54) is 0 Å². The second kappa shape index (κ2) is 5.93. The maximum Gasteiger partial charge on any atom is 0.138 e. The van der Waals surface area contributed by atoms with Crippen LogP contribution in [-0.4, -0.2) is 11.6 Å². The number of anilines is 1. The molecule has 22 heavy (non-hydrogen) atoms. The summed E-state index contributed by atoms with van der Waals surface area (Å²) in [6.07, 6.45) is 1.74. The van der Waals surface area contributed by atoms with Crippen molar-refractivity contribution in [1.29, 1.82) is 0 Å². The van der Waals surface area contributed by atoms with Crippen LogP contribution in [0.2, 0.25) is 0 Å². The van der Waals surface area contributed by atoms with E-state index < -0.39 is 0 Å². The minimum Gasteiger partial charge on any atom is -0.494 e. The topological polar surface area (TPSA) is 57.4 Å². The molecule has 1 heterocycles. The lowest BCUT2D eigenvalue weighted by Gasteiger charge is -2.12. The van der Waals surface area contributed by atoms with Gasteiger partial charge in [-0.1, -0.05) is 0 Å². The molecule has 0 bridgehead atoms. The molecule has 0 radical (unpaired) electrons. The lowest BCUT2D eigenvalue weighted by molar-refractivity contribution is 0.338. The SMILES string of the molecule is CCOc1cc2nccc(Oc3ccc(N)cc3)c2cc1C. The third kappa shape index (κ3) is 2.81. The van der Waals surface area contributed by atoms with Gasteiger partial charge in [-0.25, -0.2) is 0 Å². The molecule has 0 aliphatic carbocycles. The van der Waals surface area contributed by atoms with E-state index in [-0.39, 0.29) is 0 Å². The first-order valence-corrected chi connectivity index (χ1v) is 7.23. The van der Waals surface area contributed by atoms with Crippen LogP contribution >= 0.6 is 0 Å². The van der Waals surface area contributed by atoms with Crippen LogP contribution < -0.4 is 15.2 Å². The Bertz CT molecular complexity index is 798. The average Bonchev–Trinajstić information content (AvgIpc) is 2.51. The van der Waals surface area contributed by atoms with Gasteiger partial charge < -0.3 is 15.2 Å². The van der Waals surface area contributed by atoms with E-state index in [9.17, 15) is 0 Å². The largest absolute Gasteiger partial charge is 0.494 e. The fraction of sp³-hybridized carbons (Fsp3) is 0.167. The first-order chi connectivity index (χ1) is 10.7. The molecule has 0 spiro atoms. The van der Waals surface area contributed by atoms with Crippen LogP contribution in [0.25, 0.3) is 10.9 Å². The summed E-state index contributed by atoms with van der Waals surface area (Å²) in [5.41, 5.74) is 8.32. The third-order valence-electron chi connectivity index (χ3n) is 3.41. The molecular weight excluding hydrogens is 276 g/mol. The average molecular weight is 294 g/mol. The molecule has 0 aliphatic rings. The molecule has 112 valence electrons. The Hall–Kier alpha value is -2.75. The van der Waals surface area contributed by atoms with Crippen molar-refractivity contribution >= 4 is 16.6 Å². The minimum absolute atomic E-state index is 0.633. The lowest BCUT2D eigenvalue weighted by Crippen LogP contribution is -1.95. The van der Waals surface area contributed by atoms with Gasteiger partial charge in [0.1, 0.15) is 17.2 Å². The molecule has 3 rings (SSSR count). The van der Waals surface area contributed by atoms with Crippen molar-refractivity contribution in [2.45, 2.75) is 13.8 Å². The third-order valence-corrected chi connectivity index (χ3v) is 3.41. The molecule has 0 amide bonds. The summed E-state index contributed by atoms with van der Waals surface area (Å²) in [7, 11) is 0. The van der Waals surface area contributed by atoms with Crippen LogP contribution in [-0.2, 0) is 0 Å². The second-order valence-corrected chi connectivity index (χ2v) is 5.05. The maximum atomic E-state index is 5.97. The van der Waals surface area contributed by atoms with Gasteiger partial charge in [0, 0.05) is 23.3 Å². The molecule has 0 fully saturated rings. The number of rotatable bonds is 4. The molecule has 0 saturated carbocycles. The van der Waals surface area contributed by atoms with Gasteiger partial charge in [-0.3, -0.25) is 4.98 Å². The van der Waals surface area contributed by atoms with Gasteiger partial charge in [0.25, 0.3) is 0 Å². The molecule has 0 saturated heterocycles. The van der Waals surface area contributed by atoms with Crippen LogP contribution in [0.4, 0.5) is 5.69 Å². The predicted molar refractivity (Wildman–Crippen MR) is 88.6 cm³/mol. The van der Waals surface area contributed by atoms with Crippen molar-refractivity contribution in [3.05, 3.63) is 54.2 Å². The molecule has 1 aromatic heterocycles. The van der Waals surface area contributed by atoms with E-state index >= 15 is 0 Å². The monoisotopic (exact) mass is 294 g/mol. The molecule has 3 aromatic rings. The van der Waals surface area contributed by atoms with Crippen LogP contribution in [0.5, 0.6) is 17.2 Å². The Labute approximate surface area is 129 Å². The second-order valence-electron chi connectivity index (χ2n) is 5.05. The Kier molecular flexibility index (Phi) is 3.83. The van der Waals surface area contributed by atoms with Crippen molar-refractivity contribution in [2.24, 2.45) is 0 Å². The highest BCUT2D eigenvalue weighted by Gasteiger charge is 2.09. The van der Waals surface area contributed by atoms with E-state index in [4.69, 9.17) is 15.2 Å². The van der Waals surface area contributed by atoms with Crippen LogP contribution in [0, 0.1) is 6.92 Å². The number of hydrogen-bond donors (Lipinski definition) is 1. The Balaban J connectivity index is 2.02. The fourth-order valence-corrected chi connectivity index (χ4v) is 2.32. The molecule has 0 atom stereocenters. The van der Waals surface area contributed by atoms with Crippen LogP contribution in [0.3, 0.4) is 0 Å². The number of benzene rings is 2. The molecule has 0 aliphatic heterocycles. The number of nitrogen functional groups attached to an aromatic ring is 1. The van der Waals surface area contributed by atoms with Crippen LogP contribution in [0.15, 0.2) is 48.7 Å². The summed E-state index contributed by atoms with van der Waals surface area (Å²) in [4.78, 5) is 4.40. The van der Waals surface area contributed by atoms with E-state index in [0.717, 1.165) is 33.7 Å². The smallest absolute Gasteiger partial charge is 0.138 e. The summed E-state index contributed by atoms with van der Waals surface area (Å²) >= 11 is 0. The molecule has 2 N–H and O–H groups in total. The summed E-state index contributed by atoms with van der Waals surface area (Å²) in [6.45, 7) is 4.62. The van der Waals surface area contributed by atoms with Crippen molar-refractivity contribution < 1.29 is 9.47 Å². The molecule has 4 heteroatoms. The highest BCUT2D eigenvalue weighted by atomic mass is 16.5. The van der Waals surface area contributed by atoms with Gasteiger partial charge in [0.05, 0.1) is 12.1 Å². The normalized spacial score (nSPS) is 10.6. The van der Waals surface area contributed by atoms with Gasteiger partial charge in [-0.15, -0.1) is 0 Å². The Morgan fingerprint density at radius 3 is 2.55 bits per heavy atom. The zero-order valence-corrected chi connectivity index (χ0v) is 12.7. The Morgan fingerprint density at radius 2 is 1.82 bits per heavy atom. The molecule has 2 aromatic carbocycles. The number of aryl methyl sites for hydroxylation is 1. The fourth-order valence-electron chi connectivity index (χ4n) is 2.32. The summed E-state index contributed by atoms with van der Waals surface area (Å²) in [5, 5.41) is 0.959. The molecule has 4 nitrogen and oxygen atoms in total. The van der Waals surface area contributed by atoms with Gasteiger partial charge >= 0.3 is 0 Å². The number of nitrogens with two attached hydrogens (primary N) is 1. The van der Waals surface area contributed by atoms with Crippen LogP contribution in [0.1, 0.15) is 12.5 Å². The van der Waals surface area contributed by atoms with Gasteiger partial charge in [0.2, 0.25) is 0 Å². The first-order valence-electron chi connectivity index (χ1n) is 7.23. The predicted octanol–water partition coefficient (Wildman–Crippen LogP) is 4.32. The number of nitrogens with zero attached hydrogens (tertiary/aromatic N) is 1. The van der Waals surface area contributed by atoms with Crippen molar-refractivity contribution in [3.63, 3.8) is 0 Å². The quantitative estimate of drug-likeness (QED) is 0.728. The highest BCUT2D eigenvalue weighted by Crippen LogP contribution is 2.33. The maximum absolute atomic E-state index is 5.97. The van der Waals surface area contributed by atoms with E-state index in [1.807, 2.05) is 56.3 Å². The lowest BCUT2D eigenvalue weighted by atomic mass is 10.1. The number of pyridine rings is 1. The van der Waals surface area contributed by atoms with E-state index in [2.05, 4.69) is 4.98 Å². The highest BCUT2D eigenvalue weighted by molar-refractivity contribution is 5.87. The van der Waals surface area contributed by atoms with Gasteiger partial charge in [-0.05, 0) is 55.8 Å². The van der Waals surface area contributed by atoms with E-state index in [0.29, 0.717) is 12.3 Å². The number of ether oxygens (including phenoxy) is 2. The molecular formula is C18H18N2O2. The van der Waals surface area contributed by atoms with Gasteiger partial charge in [-0.2, -0.15) is 0 Å².